The Bertz CT molecular complexity index is 2110. The van der Waals surface area contributed by atoms with Crippen LogP contribution in [0.4, 0.5) is 17.1 Å². The summed E-state index contributed by atoms with van der Waals surface area (Å²) in [6.45, 7) is 2.62. The van der Waals surface area contributed by atoms with E-state index >= 15 is 0 Å². The quantitative estimate of drug-likeness (QED) is 0.103. The Morgan fingerprint density at radius 2 is 1.09 bits per heavy atom. The summed E-state index contributed by atoms with van der Waals surface area (Å²) in [5.74, 6) is -0.965. The molecule has 7 nitrogen and oxygen atoms in total. The zero-order valence-corrected chi connectivity index (χ0v) is 32.9. The molecule has 0 aliphatic carbocycles. The van der Waals surface area contributed by atoms with E-state index in [9.17, 15) is 9.59 Å². The van der Waals surface area contributed by atoms with E-state index in [0.29, 0.717) is 42.8 Å². The molecule has 53 heavy (non-hydrogen) atoms. The maximum atomic E-state index is 14.9. The number of anilines is 3. The normalized spacial score (nSPS) is 15.5. The molecule has 0 fully saturated rings. The fourth-order valence-electron chi connectivity index (χ4n) is 7.65. The molecule has 0 radical (unpaired) electrons. The Balaban J connectivity index is 1.61. The van der Waals surface area contributed by atoms with Gasteiger partial charge >= 0.3 is 11.9 Å². The third kappa shape index (κ3) is 6.68. The van der Waals surface area contributed by atoms with Crippen LogP contribution in [-0.4, -0.2) is 31.8 Å². The highest BCUT2D eigenvalue weighted by molar-refractivity contribution is 9.10. The van der Waals surface area contributed by atoms with Crippen molar-refractivity contribution in [2.75, 3.05) is 28.9 Å². The van der Waals surface area contributed by atoms with Crippen LogP contribution in [0.2, 0.25) is 0 Å². The number of aryl methyl sites for hydroxylation is 1. The summed E-state index contributed by atoms with van der Waals surface area (Å²) in [7, 11) is 2.83. The topological polar surface area (TPSA) is 62.3 Å². The van der Waals surface area contributed by atoms with E-state index in [0.717, 1.165) is 48.4 Å². The van der Waals surface area contributed by atoms with Gasteiger partial charge in [-0.05, 0) is 85.0 Å². The molecule has 2 aliphatic heterocycles. The molecule has 0 bridgehead atoms. The van der Waals surface area contributed by atoms with Gasteiger partial charge in [0.25, 0.3) is 0 Å². The van der Waals surface area contributed by atoms with E-state index in [1.807, 2.05) is 84.9 Å². The summed E-state index contributed by atoms with van der Waals surface area (Å²) in [4.78, 5) is 35.6. The number of benzene rings is 5. The minimum absolute atomic E-state index is 0.377. The van der Waals surface area contributed by atoms with Crippen molar-refractivity contribution in [2.24, 2.45) is 0 Å². The smallest absolute Gasteiger partial charge is 0.340 e. The Kier molecular flexibility index (Phi) is 10.6. The van der Waals surface area contributed by atoms with Crippen LogP contribution in [0.25, 0.3) is 0 Å². The van der Waals surface area contributed by atoms with Gasteiger partial charge in [0.2, 0.25) is 0 Å². The zero-order chi connectivity index (χ0) is 37.1. The molecule has 5 aromatic rings. The van der Waals surface area contributed by atoms with Crippen molar-refractivity contribution >= 4 is 60.9 Å². The minimum atomic E-state index is -1.36. The lowest BCUT2D eigenvalue weighted by Gasteiger charge is -2.46. The standard InChI is InChI=1S/C44H39Br2N3O4/c1-30(42(50)52-2)41-44(40(43(51)53-3)39(27-22-31-12-6-4-7-13-31)49(41)36-14-8-5-9-15-36)47(28-32-18-23-34(45)24-19-32)37-16-10-11-17-38(37)48(44)29-33-20-25-35(46)26-21-33/h4-21,23-26H,22,27-29H2,1-3H3/b41-30+. The van der Waals surface area contributed by atoms with Crippen LogP contribution in [0.1, 0.15) is 30.0 Å². The number of nitrogens with zero attached hydrogens (tertiary/aromatic N) is 3. The molecule has 0 N–H and O–H groups in total. The van der Waals surface area contributed by atoms with Crippen molar-refractivity contribution in [3.05, 3.63) is 182 Å². The SMILES string of the molecule is COC(=O)C1=C(CCc2ccccc2)N(c2ccccc2)/C(=C(\C)C(=O)OC)C12N(Cc1ccc(Br)cc1)c1ccccc1N2Cc1ccc(Br)cc1. The first kappa shape index (κ1) is 36.2. The van der Waals surface area contributed by atoms with Crippen molar-refractivity contribution in [2.45, 2.75) is 38.5 Å². The maximum absolute atomic E-state index is 14.9. The van der Waals surface area contributed by atoms with Gasteiger partial charge in [0.1, 0.15) is 5.57 Å². The molecule has 0 amide bonds. The molecule has 2 heterocycles. The van der Waals surface area contributed by atoms with Crippen molar-refractivity contribution in [3.63, 3.8) is 0 Å². The molecule has 5 aromatic carbocycles. The first-order chi connectivity index (χ1) is 25.8. The van der Waals surface area contributed by atoms with Gasteiger partial charge in [0.05, 0.1) is 36.9 Å². The van der Waals surface area contributed by atoms with E-state index in [1.54, 1.807) is 6.92 Å². The van der Waals surface area contributed by atoms with E-state index in [2.05, 4.69) is 95.1 Å². The van der Waals surface area contributed by atoms with Crippen LogP contribution in [-0.2, 0) is 38.6 Å². The number of ether oxygens (including phenoxy) is 2. The molecular weight excluding hydrogens is 794 g/mol. The van der Waals surface area contributed by atoms with Crippen LogP contribution in [0.15, 0.2) is 165 Å². The molecule has 9 heteroatoms. The number of allylic oxidation sites excluding steroid dienone is 1. The summed E-state index contributed by atoms with van der Waals surface area (Å²) in [5, 5.41) is 0. The highest BCUT2D eigenvalue weighted by atomic mass is 79.9. The molecular formula is C44H39Br2N3O4. The Morgan fingerprint density at radius 1 is 0.604 bits per heavy atom. The second kappa shape index (κ2) is 15.5. The largest absolute Gasteiger partial charge is 0.466 e. The lowest BCUT2D eigenvalue weighted by molar-refractivity contribution is -0.137. The fourth-order valence-corrected chi connectivity index (χ4v) is 8.18. The first-order valence-electron chi connectivity index (χ1n) is 17.4. The van der Waals surface area contributed by atoms with Gasteiger partial charge in [-0.2, -0.15) is 0 Å². The van der Waals surface area contributed by atoms with Crippen LogP contribution in [0, 0.1) is 0 Å². The monoisotopic (exact) mass is 831 g/mol. The van der Waals surface area contributed by atoms with Crippen LogP contribution < -0.4 is 14.7 Å². The molecule has 0 atom stereocenters. The number of esters is 2. The van der Waals surface area contributed by atoms with Crippen LogP contribution in [0.3, 0.4) is 0 Å². The summed E-state index contributed by atoms with van der Waals surface area (Å²) >= 11 is 7.21. The third-order valence-electron chi connectivity index (χ3n) is 9.96. The van der Waals surface area contributed by atoms with E-state index in [1.165, 1.54) is 14.2 Å². The molecule has 7 rings (SSSR count). The number of rotatable bonds is 10. The molecule has 268 valence electrons. The van der Waals surface area contributed by atoms with Crippen molar-refractivity contribution in [3.8, 4) is 0 Å². The maximum Gasteiger partial charge on any atom is 0.340 e. The molecule has 0 aromatic heterocycles. The van der Waals surface area contributed by atoms with Crippen molar-refractivity contribution in [1.29, 1.82) is 0 Å². The van der Waals surface area contributed by atoms with E-state index < -0.39 is 17.6 Å². The number of hydrogen-bond donors (Lipinski definition) is 0. The van der Waals surface area contributed by atoms with Gasteiger partial charge in [-0.25, -0.2) is 9.59 Å². The Morgan fingerprint density at radius 3 is 1.58 bits per heavy atom. The summed E-state index contributed by atoms with van der Waals surface area (Å²) in [5.41, 5.74) is 6.65. The molecule has 0 saturated carbocycles. The average Bonchev–Trinajstić information content (AvgIpc) is 3.64. The zero-order valence-electron chi connectivity index (χ0n) is 29.8. The van der Waals surface area contributed by atoms with Crippen molar-refractivity contribution in [1.82, 2.24) is 0 Å². The highest BCUT2D eigenvalue weighted by Gasteiger charge is 2.64. The average molecular weight is 834 g/mol. The first-order valence-corrected chi connectivity index (χ1v) is 19.0. The third-order valence-corrected chi connectivity index (χ3v) is 11.0. The number of para-hydroxylation sites is 3. The van der Waals surface area contributed by atoms with E-state index in [-0.39, 0.29) is 0 Å². The number of hydrogen-bond acceptors (Lipinski definition) is 7. The lowest BCUT2D eigenvalue weighted by atomic mass is 9.90. The van der Waals surface area contributed by atoms with Gasteiger partial charge in [-0.3, -0.25) is 0 Å². The Hall–Kier alpha value is -5.12. The molecule has 2 aliphatic rings. The van der Waals surface area contributed by atoms with Gasteiger partial charge in [-0.15, -0.1) is 0 Å². The number of methoxy groups -OCH3 is 2. The fraction of sp³-hybridized carbons (Fsp3) is 0.182. The molecule has 0 unspecified atom stereocenters. The predicted octanol–water partition coefficient (Wildman–Crippen LogP) is 9.96. The number of fused-ring (bicyclic) bond motifs is 1. The number of carbonyl (C=O) groups is 2. The second-order valence-corrected chi connectivity index (χ2v) is 14.9. The predicted molar refractivity (Wildman–Crippen MR) is 217 cm³/mol. The van der Waals surface area contributed by atoms with Gasteiger partial charge in [0.15, 0.2) is 5.66 Å². The van der Waals surface area contributed by atoms with Gasteiger partial charge in [0, 0.05) is 33.4 Å². The van der Waals surface area contributed by atoms with Crippen LogP contribution in [0.5, 0.6) is 0 Å². The molecule has 0 saturated heterocycles. The van der Waals surface area contributed by atoms with E-state index in [4.69, 9.17) is 9.47 Å². The lowest BCUT2D eigenvalue weighted by Crippen LogP contribution is -2.61. The molecule has 1 spiro atoms. The van der Waals surface area contributed by atoms with Gasteiger partial charge < -0.3 is 24.2 Å². The minimum Gasteiger partial charge on any atom is -0.466 e. The summed E-state index contributed by atoms with van der Waals surface area (Å²) < 4.78 is 13.2. The highest BCUT2D eigenvalue weighted by Crippen LogP contribution is 2.60. The Labute approximate surface area is 327 Å². The van der Waals surface area contributed by atoms with Crippen molar-refractivity contribution < 1.29 is 19.1 Å². The van der Waals surface area contributed by atoms with Gasteiger partial charge in [-0.1, -0.05) is 117 Å². The second-order valence-electron chi connectivity index (χ2n) is 13.0. The van der Waals surface area contributed by atoms with Crippen LogP contribution >= 0.6 is 31.9 Å². The number of carbonyl (C=O) groups excluding carboxylic acids is 2. The summed E-state index contributed by atoms with van der Waals surface area (Å²) in [6, 6.07) is 44.8. The number of halogens is 2. The summed E-state index contributed by atoms with van der Waals surface area (Å²) in [6.07, 6.45) is 1.13.